The van der Waals surface area contributed by atoms with Gasteiger partial charge in [-0.2, -0.15) is 17.4 Å². The van der Waals surface area contributed by atoms with Crippen molar-refractivity contribution in [1.29, 1.82) is 5.26 Å². The van der Waals surface area contributed by atoms with Gasteiger partial charge >= 0.3 is 29.6 Å². The predicted octanol–water partition coefficient (Wildman–Crippen LogP) is 3.74. The average Bonchev–Trinajstić information content (AvgIpc) is 3.51. The number of guanidine groups is 1. The van der Waals surface area contributed by atoms with Gasteiger partial charge in [0.2, 0.25) is 17.9 Å². The fourth-order valence-corrected chi connectivity index (χ4v) is 9.64. The summed E-state index contributed by atoms with van der Waals surface area (Å²) in [7, 11) is 4.00. The van der Waals surface area contributed by atoms with Gasteiger partial charge in [0, 0.05) is 45.7 Å². The summed E-state index contributed by atoms with van der Waals surface area (Å²) in [4.78, 5) is 15.2. The first kappa shape index (κ1) is 48.2. The summed E-state index contributed by atoms with van der Waals surface area (Å²) in [5.41, 5.74) is 12.0. The van der Waals surface area contributed by atoms with Crippen LogP contribution < -0.4 is 55.4 Å². The minimum absolute atomic E-state index is 0. The molecule has 0 aromatic heterocycles. The molecule has 0 radical (unpaired) electrons. The maximum absolute atomic E-state index is 9.14. The summed E-state index contributed by atoms with van der Waals surface area (Å²) in [6.07, 6.45) is 20.2. The Morgan fingerprint density at radius 1 is 0.862 bits per heavy atom. The molecule has 3 unspecified atom stereocenters. The van der Waals surface area contributed by atoms with Crippen molar-refractivity contribution in [2.75, 3.05) is 47.6 Å². The number of nitrogens with one attached hydrogen (secondary N) is 1. The first-order valence-corrected chi connectivity index (χ1v) is 20.6. The van der Waals surface area contributed by atoms with E-state index in [1.165, 1.54) is 82.4 Å². The smallest absolute Gasteiger partial charge is 0.857 e. The van der Waals surface area contributed by atoms with Gasteiger partial charge in [-0.1, -0.05) is 50.7 Å². The molecule has 2 saturated carbocycles. The first-order chi connectivity index (χ1) is 27.3. The maximum atomic E-state index is 9.14. The van der Waals surface area contributed by atoms with Crippen molar-refractivity contribution in [1.82, 2.24) is 10.5 Å². The summed E-state index contributed by atoms with van der Waals surface area (Å²) in [5, 5.41) is 26.3. The molecule has 7 aliphatic rings. The minimum Gasteiger partial charge on any atom is -0.857 e. The van der Waals surface area contributed by atoms with Gasteiger partial charge < -0.3 is 35.0 Å². The molecule has 13 nitrogen and oxygen atoms in total. The van der Waals surface area contributed by atoms with Gasteiger partial charge in [-0.3, -0.25) is 0 Å². The second-order valence-electron chi connectivity index (χ2n) is 16.1. The van der Waals surface area contributed by atoms with Crippen LogP contribution in [0.4, 0.5) is 0 Å². The van der Waals surface area contributed by atoms with Gasteiger partial charge in [-0.05, 0) is 98.6 Å². The first-order valence-electron chi connectivity index (χ1n) is 20.6. The van der Waals surface area contributed by atoms with Crippen molar-refractivity contribution >= 4 is 24.1 Å². The zero-order valence-electron chi connectivity index (χ0n) is 34.9. The zero-order chi connectivity index (χ0) is 39.6. The van der Waals surface area contributed by atoms with E-state index in [1.807, 2.05) is 13.2 Å². The van der Waals surface area contributed by atoms with E-state index in [2.05, 4.69) is 41.4 Å². The molecule has 4 fully saturated rings. The summed E-state index contributed by atoms with van der Waals surface area (Å²) in [6, 6.07) is 13.1. The van der Waals surface area contributed by atoms with Gasteiger partial charge in [-0.15, -0.1) is 12.4 Å². The number of nitrogens with two attached hydrogens (primary N) is 1. The summed E-state index contributed by atoms with van der Waals surface area (Å²) < 4.78 is 24.3. The number of rotatable bonds is 2. The molecule has 2 aliphatic carbocycles. The van der Waals surface area contributed by atoms with Crippen molar-refractivity contribution in [2.24, 2.45) is 15.7 Å². The van der Waals surface area contributed by atoms with Gasteiger partial charge in [0.25, 0.3) is 0 Å². The van der Waals surface area contributed by atoms with Crippen LogP contribution in [-0.2, 0) is 20.0 Å². The quantitative estimate of drug-likeness (QED) is 0.228. The Hall–Kier alpha value is -2.48. The third-order valence-corrected chi connectivity index (χ3v) is 12.3. The number of hydrogen-bond acceptors (Lipinski definition) is 13. The number of ether oxygens (including phenoxy) is 4. The van der Waals surface area contributed by atoms with E-state index in [9.17, 15) is 0 Å². The molecule has 2 saturated heterocycles. The fraction of sp³-hybridized carbons (Fsp3) is 0.651. The summed E-state index contributed by atoms with van der Waals surface area (Å²) >= 11 is 0. The van der Waals surface area contributed by atoms with E-state index in [0.717, 1.165) is 74.3 Å². The molecule has 314 valence electrons. The Balaban J connectivity index is 0.000000225. The van der Waals surface area contributed by atoms with E-state index in [4.69, 9.17) is 50.1 Å². The fourth-order valence-electron chi connectivity index (χ4n) is 9.64. The van der Waals surface area contributed by atoms with Gasteiger partial charge in [-0.25, -0.2) is 20.4 Å². The van der Waals surface area contributed by atoms with E-state index >= 15 is 0 Å². The SMILES string of the molecule is CN1OC2(CC3(CCCOC3)Oc3ccc(C4CCCCC4)cc32)N=C1N.CNO.C[O-].Cl.N#CN=C1CC2(CCCOC2)Oc2ccc(C3CCCCC3)cc21.[Na+]. The van der Waals surface area contributed by atoms with Crippen molar-refractivity contribution in [3.63, 3.8) is 0 Å². The number of halogens is 1. The van der Waals surface area contributed by atoms with Crippen LogP contribution in [0.5, 0.6) is 11.5 Å². The Labute approximate surface area is 372 Å². The van der Waals surface area contributed by atoms with Gasteiger partial charge in [0.1, 0.15) is 22.7 Å². The molecule has 5 aliphatic heterocycles. The monoisotopic (exact) mass is 832 g/mol. The summed E-state index contributed by atoms with van der Waals surface area (Å²) in [5.74, 6) is 3.40. The van der Waals surface area contributed by atoms with Crippen LogP contribution in [0.3, 0.4) is 0 Å². The topological polar surface area (TPSA) is 179 Å². The van der Waals surface area contributed by atoms with Gasteiger partial charge in [0.05, 0.1) is 24.5 Å². The van der Waals surface area contributed by atoms with Crippen molar-refractivity contribution in [3.8, 4) is 17.7 Å². The van der Waals surface area contributed by atoms with Crippen molar-refractivity contribution < 1.29 is 63.7 Å². The third-order valence-electron chi connectivity index (χ3n) is 12.3. The van der Waals surface area contributed by atoms with Crippen LogP contribution in [0.15, 0.2) is 46.4 Å². The molecule has 15 heteroatoms. The van der Waals surface area contributed by atoms with Gasteiger partial charge in [0.15, 0.2) is 0 Å². The number of benzene rings is 2. The second kappa shape index (κ2) is 22.4. The molecule has 58 heavy (non-hydrogen) atoms. The third kappa shape index (κ3) is 11.1. The molecule has 9 rings (SSSR count). The van der Waals surface area contributed by atoms with Crippen LogP contribution in [0.25, 0.3) is 0 Å². The summed E-state index contributed by atoms with van der Waals surface area (Å²) in [6.45, 7) is 2.74. The average molecular weight is 833 g/mol. The molecule has 2 aromatic carbocycles. The number of aliphatic imine (C=N–C) groups is 2. The number of hydroxylamine groups is 3. The van der Waals surface area contributed by atoms with Crippen LogP contribution in [0, 0.1) is 11.5 Å². The molecule has 0 amide bonds. The molecule has 0 bridgehead atoms. The van der Waals surface area contributed by atoms with Crippen LogP contribution >= 0.6 is 12.4 Å². The maximum Gasteiger partial charge on any atom is 1.00 e. The Morgan fingerprint density at radius 2 is 1.40 bits per heavy atom. The second-order valence-corrected chi connectivity index (χ2v) is 16.1. The normalized spacial score (nSPS) is 28.2. The van der Waals surface area contributed by atoms with Crippen LogP contribution in [0.1, 0.15) is 137 Å². The Bertz CT molecular complexity index is 1720. The van der Waals surface area contributed by atoms with Crippen LogP contribution in [-0.4, -0.2) is 80.8 Å². The number of nitriles is 1. The van der Waals surface area contributed by atoms with Crippen LogP contribution in [0.2, 0.25) is 0 Å². The molecular formula is C43H62ClN6NaO7. The van der Waals surface area contributed by atoms with E-state index in [1.54, 1.807) is 10.5 Å². The number of hydrogen-bond donors (Lipinski definition) is 3. The standard InChI is InChI=1S/C21H29N3O3.C20H24N2O2.CH5NO.CH3O.ClH.Na/c1-24-19(22)23-21(27-24)13-20(10-5-11-25-14-20)26-18-9-8-16(12-17(18)21)15-6-3-2-4-7-15;21-14-22-18-12-20(9-4-10-23-13-20)24-19-8-7-16(11-17(18)19)15-5-2-1-3-6-15;1-2-3;1-2;;/h8-9,12,15H,2-7,10-11,13-14H2,1H3,(H2,22,23);7-8,11,15H,1-6,9-10,12-13H2;2-3H,1H3;1H3;1H;/q;;;-1;;+1. The van der Waals surface area contributed by atoms with E-state index in [0.29, 0.717) is 43.9 Å². The molecular weight excluding hydrogens is 771 g/mol. The van der Waals surface area contributed by atoms with Crippen molar-refractivity contribution in [2.45, 2.75) is 131 Å². The largest absolute Gasteiger partial charge is 1.00 e. The minimum atomic E-state index is -0.808. The molecule has 4 N–H and O–H groups in total. The molecule has 5 heterocycles. The van der Waals surface area contributed by atoms with E-state index < -0.39 is 11.3 Å². The molecule has 3 atom stereocenters. The Morgan fingerprint density at radius 3 is 1.91 bits per heavy atom. The molecule has 3 spiro atoms. The zero-order valence-corrected chi connectivity index (χ0v) is 37.7. The molecule has 2 aromatic rings. The van der Waals surface area contributed by atoms with Crippen molar-refractivity contribution in [3.05, 3.63) is 58.7 Å². The Kier molecular flexibility index (Phi) is 18.6. The number of nitrogens with zero attached hydrogens (tertiary/aromatic N) is 4. The van der Waals surface area contributed by atoms with E-state index in [-0.39, 0.29) is 47.6 Å². The predicted molar refractivity (Wildman–Crippen MR) is 219 cm³/mol. The number of fused-ring (bicyclic) bond motifs is 3.